The third kappa shape index (κ3) is 3.14. The van der Waals surface area contributed by atoms with Gasteiger partial charge in [-0.25, -0.2) is 0 Å². The topological polar surface area (TPSA) is 65.1 Å². The maximum atomic E-state index is 8.87. The first-order chi connectivity index (χ1) is 8.69. The minimum absolute atomic E-state index is 0.648. The molecule has 96 valence electrons. The zero-order valence-electron chi connectivity index (χ0n) is 10.8. The van der Waals surface area contributed by atoms with E-state index >= 15 is 0 Å². The Morgan fingerprint density at radius 1 is 1.44 bits per heavy atom. The van der Waals surface area contributed by atoms with E-state index in [0.717, 1.165) is 12.2 Å². The monoisotopic (exact) mass is 244 g/mol. The number of nitriles is 1. The maximum absolute atomic E-state index is 8.87. The number of hydrogen-bond acceptors (Lipinski definition) is 4. The summed E-state index contributed by atoms with van der Waals surface area (Å²) in [6.45, 7) is 3.27. The molecule has 2 rings (SSSR count). The molecule has 0 bridgehead atoms. The number of benzene rings is 1. The first-order valence-electron chi connectivity index (χ1n) is 6.41. The molecule has 0 saturated carbocycles. The maximum Gasteiger partial charge on any atom is 0.0992 e. The standard InChI is InChI=1S/C14H20N4/c1-18-6-4-11(5-7-18)10-17-14-8-12(9-15)2-3-13(14)16/h2-3,8,11,17H,4-7,10,16H2,1H3. The molecule has 1 aliphatic heterocycles. The van der Waals surface area contributed by atoms with Crippen LogP contribution in [0.15, 0.2) is 18.2 Å². The first kappa shape index (κ1) is 12.7. The summed E-state index contributed by atoms with van der Waals surface area (Å²) in [5.41, 5.74) is 8.14. The number of nitrogens with one attached hydrogen (secondary N) is 1. The van der Waals surface area contributed by atoms with Gasteiger partial charge in [-0.1, -0.05) is 0 Å². The highest BCUT2D eigenvalue weighted by atomic mass is 15.1. The second-order valence-corrected chi connectivity index (χ2v) is 5.04. The smallest absolute Gasteiger partial charge is 0.0992 e. The quantitative estimate of drug-likeness (QED) is 0.797. The minimum atomic E-state index is 0.648. The van der Waals surface area contributed by atoms with E-state index < -0.39 is 0 Å². The lowest BCUT2D eigenvalue weighted by Gasteiger charge is -2.29. The van der Waals surface area contributed by atoms with Crippen LogP contribution in [0.3, 0.4) is 0 Å². The predicted octanol–water partition coefficient (Wildman–Crippen LogP) is 1.89. The van der Waals surface area contributed by atoms with Crippen molar-refractivity contribution in [3.05, 3.63) is 23.8 Å². The summed E-state index contributed by atoms with van der Waals surface area (Å²) in [5, 5.41) is 12.3. The number of nitrogen functional groups attached to an aromatic ring is 1. The van der Waals surface area contributed by atoms with Crippen LogP contribution in [0.5, 0.6) is 0 Å². The van der Waals surface area contributed by atoms with Crippen molar-refractivity contribution in [3.63, 3.8) is 0 Å². The van der Waals surface area contributed by atoms with E-state index in [9.17, 15) is 0 Å². The number of hydrogen-bond donors (Lipinski definition) is 2. The highest BCUT2D eigenvalue weighted by molar-refractivity contribution is 5.68. The Hall–Kier alpha value is -1.73. The SMILES string of the molecule is CN1CCC(CNc2cc(C#N)ccc2N)CC1. The average molecular weight is 244 g/mol. The van der Waals surface area contributed by atoms with E-state index in [2.05, 4.69) is 23.3 Å². The molecule has 0 radical (unpaired) electrons. The molecule has 1 fully saturated rings. The van der Waals surface area contributed by atoms with Crippen LogP contribution in [-0.4, -0.2) is 31.6 Å². The van der Waals surface area contributed by atoms with Gasteiger partial charge in [0, 0.05) is 6.54 Å². The molecule has 18 heavy (non-hydrogen) atoms. The van der Waals surface area contributed by atoms with E-state index in [1.165, 1.54) is 25.9 Å². The number of anilines is 2. The molecule has 0 atom stereocenters. The van der Waals surface area contributed by atoms with Crippen LogP contribution in [-0.2, 0) is 0 Å². The second-order valence-electron chi connectivity index (χ2n) is 5.04. The lowest BCUT2D eigenvalue weighted by molar-refractivity contribution is 0.226. The van der Waals surface area contributed by atoms with Crippen molar-refractivity contribution in [2.75, 3.05) is 37.7 Å². The normalized spacial score (nSPS) is 17.3. The molecular weight excluding hydrogens is 224 g/mol. The molecule has 0 spiro atoms. The van der Waals surface area contributed by atoms with Gasteiger partial charge in [0.15, 0.2) is 0 Å². The van der Waals surface area contributed by atoms with Gasteiger partial charge in [0.1, 0.15) is 0 Å². The van der Waals surface area contributed by atoms with Gasteiger partial charge < -0.3 is 16.0 Å². The van der Waals surface area contributed by atoms with E-state index in [1.54, 1.807) is 12.1 Å². The van der Waals surface area contributed by atoms with Gasteiger partial charge in [0.05, 0.1) is 23.0 Å². The lowest BCUT2D eigenvalue weighted by atomic mass is 9.97. The zero-order valence-corrected chi connectivity index (χ0v) is 10.8. The van der Waals surface area contributed by atoms with Crippen LogP contribution in [0.4, 0.5) is 11.4 Å². The fourth-order valence-electron chi connectivity index (χ4n) is 2.30. The van der Waals surface area contributed by atoms with Gasteiger partial charge in [-0.15, -0.1) is 0 Å². The Labute approximate surface area is 108 Å². The minimum Gasteiger partial charge on any atom is -0.397 e. The van der Waals surface area contributed by atoms with Crippen LogP contribution in [0, 0.1) is 17.2 Å². The molecule has 4 nitrogen and oxygen atoms in total. The van der Waals surface area contributed by atoms with E-state index in [-0.39, 0.29) is 0 Å². The summed E-state index contributed by atoms with van der Waals surface area (Å²) < 4.78 is 0. The number of piperidine rings is 1. The average Bonchev–Trinajstić information content (AvgIpc) is 2.40. The molecule has 0 unspecified atom stereocenters. The molecule has 1 aliphatic rings. The van der Waals surface area contributed by atoms with Crippen molar-refractivity contribution in [1.82, 2.24) is 4.90 Å². The second kappa shape index (κ2) is 5.74. The Bertz CT molecular complexity index is 442. The van der Waals surface area contributed by atoms with Crippen molar-refractivity contribution in [2.24, 2.45) is 5.92 Å². The van der Waals surface area contributed by atoms with Crippen molar-refractivity contribution in [3.8, 4) is 6.07 Å². The summed E-state index contributed by atoms with van der Waals surface area (Å²) in [5.74, 6) is 0.700. The first-order valence-corrected chi connectivity index (χ1v) is 6.41. The van der Waals surface area contributed by atoms with E-state index in [1.807, 2.05) is 6.07 Å². The fourth-order valence-corrected chi connectivity index (χ4v) is 2.30. The zero-order chi connectivity index (χ0) is 13.0. The van der Waals surface area contributed by atoms with Gasteiger partial charge >= 0.3 is 0 Å². The van der Waals surface area contributed by atoms with Crippen LogP contribution >= 0.6 is 0 Å². The van der Waals surface area contributed by atoms with Crippen molar-refractivity contribution >= 4 is 11.4 Å². The van der Waals surface area contributed by atoms with E-state index in [4.69, 9.17) is 11.0 Å². The van der Waals surface area contributed by atoms with Gasteiger partial charge in [-0.2, -0.15) is 5.26 Å². The molecule has 3 N–H and O–H groups in total. The third-order valence-corrected chi connectivity index (χ3v) is 3.60. The highest BCUT2D eigenvalue weighted by Crippen LogP contribution is 2.22. The Morgan fingerprint density at radius 3 is 2.83 bits per heavy atom. The molecule has 1 heterocycles. The van der Waals surface area contributed by atoms with Gasteiger partial charge in [0.25, 0.3) is 0 Å². The molecule has 1 saturated heterocycles. The molecule has 0 aromatic heterocycles. The van der Waals surface area contributed by atoms with Crippen molar-refractivity contribution < 1.29 is 0 Å². The predicted molar refractivity (Wildman–Crippen MR) is 74.3 cm³/mol. The van der Waals surface area contributed by atoms with Crippen LogP contribution in [0.2, 0.25) is 0 Å². The lowest BCUT2D eigenvalue weighted by Crippen LogP contribution is -2.33. The van der Waals surface area contributed by atoms with Gasteiger partial charge in [0.2, 0.25) is 0 Å². The van der Waals surface area contributed by atoms with Crippen LogP contribution in [0.25, 0.3) is 0 Å². The number of likely N-dealkylation sites (tertiary alicyclic amines) is 1. The Morgan fingerprint density at radius 2 is 2.17 bits per heavy atom. The molecule has 1 aromatic carbocycles. The summed E-state index contributed by atoms with van der Waals surface area (Å²) in [7, 11) is 2.16. The molecule has 4 heteroatoms. The third-order valence-electron chi connectivity index (χ3n) is 3.60. The number of nitrogens with two attached hydrogens (primary N) is 1. The number of rotatable bonds is 3. The molecule has 0 amide bonds. The van der Waals surface area contributed by atoms with Crippen LogP contribution in [0.1, 0.15) is 18.4 Å². The summed E-state index contributed by atoms with van der Waals surface area (Å²) in [4.78, 5) is 2.36. The Kier molecular flexibility index (Phi) is 4.06. The highest BCUT2D eigenvalue weighted by Gasteiger charge is 2.16. The number of nitrogens with zero attached hydrogens (tertiary/aromatic N) is 2. The van der Waals surface area contributed by atoms with Crippen molar-refractivity contribution in [1.29, 1.82) is 5.26 Å². The summed E-state index contributed by atoms with van der Waals surface area (Å²) in [6.07, 6.45) is 2.45. The fraction of sp³-hybridized carbons (Fsp3) is 0.500. The molecular formula is C14H20N4. The largest absolute Gasteiger partial charge is 0.397 e. The molecule has 0 aliphatic carbocycles. The molecule has 1 aromatic rings. The summed E-state index contributed by atoms with van der Waals surface area (Å²) in [6, 6.07) is 7.49. The summed E-state index contributed by atoms with van der Waals surface area (Å²) >= 11 is 0. The van der Waals surface area contributed by atoms with E-state index in [0.29, 0.717) is 17.2 Å². The van der Waals surface area contributed by atoms with Gasteiger partial charge in [-0.3, -0.25) is 0 Å². The van der Waals surface area contributed by atoms with Gasteiger partial charge in [-0.05, 0) is 57.1 Å². The Balaban J connectivity index is 1.92. The van der Waals surface area contributed by atoms with Crippen LogP contribution < -0.4 is 11.1 Å². The van der Waals surface area contributed by atoms with Crippen molar-refractivity contribution in [2.45, 2.75) is 12.8 Å².